The van der Waals surface area contributed by atoms with Crippen molar-refractivity contribution in [2.45, 2.75) is 6.42 Å². The third-order valence-corrected chi connectivity index (χ3v) is 2.52. The molecule has 3 heteroatoms. The summed E-state index contributed by atoms with van der Waals surface area (Å²) < 4.78 is 1.94. The Labute approximate surface area is 81.1 Å². The highest BCUT2D eigenvalue weighted by Crippen LogP contribution is 2.27. The molecule has 2 aliphatic rings. The molecule has 1 aromatic rings. The van der Waals surface area contributed by atoms with Gasteiger partial charge >= 0.3 is 0 Å². The van der Waals surface area contributed by atoms with Crippen molar-refractivity contribution in [3.05, 3.63) is 35.8 Å². The highest BCUT2D eigenvalue weighted by molar-refractivity contribution is 6.18. The van der Waals surface area contributed by atoms with Crippen molar-refractivity contribution < 1.29 is 4.79 Å². The van der Waals surface area contributed by atoms with E-state index in [2.05, 4.69) is 4.99 Å². The molecule has 3 nitrogen and oxygen atoms in total. The number of aromatic nitrogens is 1. The van der Waals surface area contributed by atoms with Crippen molar-refractivity contribution in [2.24, 2.45) is 4.99 Å². The molecule has 0 atom stereocenters. The first-order chi connectivity index (χ1) is 6.86. The lowest BCUT2D eigenvalue weighted by Gasteiger charge is -2.10. The van der Waals surface area contributed by atoms with Crippen LogP contribution in [0.5, 0.6) is 0 Å². The van der Waals surface area contributed by atoms with Crippen LogP contribution in [0, 0.1) is 0 Å². The summed E-state index contributed by atoms with van der Waals surface area (Å²) in [5.74, 6) is 0.186. The standard InChI is InChI=1S/C11H8N2O/c14-10-2-1-8-7-12-4-6-13-5-3-9(10)11(8)13/h1,3-7H,2H2. The third-order valence-electron chi connectivity index (χ3n) is 2.52. The minimum atomic E-state index is 0.186. The summed E-state index contributed by atoms with van der Waals surface area (Å²) in [6.45, 7) is 0. The second-order valence-electron chi connectivity index (χ2n) is 3.35. The first-order valence-corrected chi connectivity index (χ1v) is 4.51. The molecule has 0 bridgehead atoms. The van der Waals surface area contributed by atoms with E-state index in [1.165, 1.54) is 0 Å². The lowest BCUT2D eigenvalue weighted by atomic mass is 9.97. The number of ketones is 1. The van der Waals surface area contributed by atoms with Gasteiger partial charge in [-0.15, -0.1) is 0 Å². The SMILES string of the molecule is O=C1CC=C2C=NC=Cn3ccc1c32. The zero-order valence-corrected chi connectivity index (χ0v) is 7.47. The Morgan fingerprint density at radius 1 is 1.43 bits per heavy atom. The minimum absolute atomic E-state index is 0.186. The second kappa shape index (κ2) is 2.54. The van der Waals surface area contributed by atoms with Gasteiger partial charge < -0.3 is 4.57 Å². The summed E-state index contributed by atoms with van der Waals surface area (Å²) in [5, 5.41) is 0. The zero-order valence-electron chi connectivity index (χ0n) is 7.47. The van der Waals surface area contributed by atoms with Gasteiger partial charge in [0, 0.05) is 42.4 Å². The molecule has 0 unspecified atom stereocenters. The van der Waals surface area contributed by atoms with E-state index < -0.39 is 0 Å². The van der Waals surface area contributed by atoms with Crippen molar-refractivity contribution in [3.63, 3.8) is 0 Å². The number of hydrogen-bond acceptors (Lipinski definition) is 2. The topological polar surface area (TPSA) is 34.4 Å². The van der Waals surface area contributed by atoms with Crippen molar-refractivity contribution >= 4 is 23.8 Å². The second-order valence-corrected chi connectivity index (χ2v) is 3.35. The molecule has 14 heavy (non-hydrogen) atoms. The summed E-state index contributed by atoms with van der Waals surface area (Å²) in [7, 11) is 0. The van der Waals surface area contributed by atoms with Crippen LogP contribution in [0.25, 0.3) is 11.8 Å². The number of hydrogen-bond donors (Lipinski definition) is 0. The Morgan fingerprint density at radius 2 is 2.36 bits per heavy atom. The van der Waals surface area contributed by atoms with Crippen LogP contribution >= 0.6 is 0 Å². The minimum Gasteiger partial charge on any atom is -0.321 e. The number of nitrogens with zero attached hydrogens (tertiary/aromatic N) is 2. The first kappa shape index (κ1) is 7.50. The lowest BCUT2D eigenvalue weighted by Crippen LogP contribution is -2.08. The van der Waals surface area contributed by atoms with Crippen molar-refractivity contribution in [1.82, 2.24) is 4.57 Å². The molecule has 68 valence electrons. The number of carbonyl (C=O) groups excluding carboxylic acids is 1. The van der Waals surface area contributed by atoms with E-state index in [0.717, 1.165) is 16.8 Å². The Kier molecular flexibility index (Phi) is 1.36. The van der Waals surface area contributed by atoms with Crippen molar-refractivity contribution in [3.8, 4) is 0 Å². The van der Waals surface area contributed by atoms with E-state index in [9.17, 15) is 4.79 Å². The van der Waals surface area contributed by atoms with Crippen molar-refractivity contribution in [2.75, 3.05) is 0 Å². The van der Waals surface area contributed by atoms with Gasteiger partial charge in [-0.25, -0.2) is 0 Å². The molecule has 1 aromatic heterocycles. The molecule has 3 rings (SSSR count). The van der Waals surface area contributed by atoms with Crippen LogP contribution in [-0.2, 0) is 0 Å². The average molecular weight is 184 g/mol. The molecule has 0 spiro atoms. The molecule has 0 saturated carbocycles. The van der Waals surface area contributed by atoms with Crippen LogP contribution in [0.3, 0.4) is 0 Å². The van der Waals surface area contributed by atoms with E-state index in [0.29, 0.717) is 6.42 Å². The maximum absolute atomic E-state index is 11.6. The van der Waals surface area contributed by atoms with Crippen LogP contribution in [0.1, 0.15) is 22.5 Å². The molecule has 0 amide bonds. The number of Topliss-reactive ketones (excluding diaryl/α,β-unsaturated/α-hetero) is 1. The molecule has 0 fully saturated rings. The van der Waals surface area contributed by atoms with Crippen LogP contribution in [0.4, 0.5) is 0 Å². The Morgan fingerprint density at radius 3 is 3.29 bits per heavy atom. The normalized spacial score (nSPS) is 17.7. The summed E-state index contributed by atoms with van der Waals surface area (Å²) >= 11 is 0. The van der Waals surface area contributed by atoms with Crippen LogP contribution in [-0.4, -0.2) is 16.6 Å². The monoisotopic (exact) mass is 184 g/mol. The number of aliphatic imine (C=N–C) groups is 1. The molecule has 0 aromatic carbocycles. The maximum Gasteiger partial charge on any atom is 0.168 e. The Bertz CT molecular complexity index is 503. The Balaban J connectivity index is 2.36. The molecule has 1 aliphatic heterocycles. The van der Waals surface area contributed by atoms with Gasteiger partial charge in [0.05, 0.1) is 5.69 Å². The van der Waals surface area contributed by atoms with Gasteiger partial charge in [0.2, 0.25) is 0 Å². The van der Waals surface area contributed by atoms with Gasteiger partial charge in [0.15, 0.2) is 5.78 Å². The van der Waals surface area contributed by atoms with Crippen LogP contribution in [0.15, 0.2) is 29.5 Å². The molecule has 0 saturated heterocycles. The van der Waals surface area contributed by atoms with Crippen molar-refractivity contribution in [1.29, 1.82) is 0 Å². The number of allylic oxidation sites excluding steroid dienone is 2. The smallest absolute Gasteiger partial charge is 0.168 e. The van der Waals surface area contributed by atoms with Gasteiger partial charge in [0.25, 0.3) is 0 Å². The highest BCUT2D eigenvalue weighted by atomic mass is 16.1. The summed E-state index contributed by atoms with van der Waals surface area (Å²) in [4.78, 5) is 15.7. The average Bonchev–Trinajstić information content (AvgIpc) is 2.51. The first-order valence-electron chi connectivity index (χ1n) is 4.51. The fraction of sp³-hybridized carbons (Fsp3) is 0.0909. The highest BCUT2D eigenvalue weighted by Gasteiger charge is 2.21. The van der Waals surface area contributed by atoms with Crippen LogP contribution in [0.2, 0.25) is 0 Å². The zero-order chi connectivity index (χ0) is 9.54. The fourth-order valence-corrected chi connectivity index (χ4v) is 1.86. The maximum atomic E-state index is 11.6. The molecular formula is C11H8N2O. The summed E-state index contributed by atoms with van der Waals surface area (Å²) in [6, 6.07) is 1.87. The lowest BCUT2D eigenvalue weighted by molar-refractivity contribution is 0.0994. The Hall–Kier alpha value is -1.90. The van der Waals surface area contributed by atoms with Gasteiger partial charge in [0.1, 0.15) is 0 Å². The summed E-state index contributed by atoms with van der Waals surface area (Å²) in [5.41, 5.74) is 2.81. The largest absolute Gasteiger partial charge is 0.321 e. The molecular weight excluding hydrogens is 176 g/mol. The summed E-state index contributed by atoms with van der Waals surface area (Å²) in [6.07, 6.45) is 9.69. The van der Waals surface area contributed by atoms with Gasteiger partial charge in [-0.3, -0.25) is 9.79 Å². The van der Waals surface area contributed by atoms with Gasteiger partial charge in [-0.05, 0) is 6.07 Å². The van der Waals surface area contributed by atoms with Gasteiger partial charge in [-0.2, -0.15) is 0 Å². The predicted octanol–water partition coefficient (Wildman–Crippen LogP) is 1.97. The number of carbonyl (C=O) groups is 1. The molecule has 2 heterocycles. The number of rotatable bonds is 0. The predicted molar refractivity (Wildman–Crippen MR) is 55.2 cm³/mol. The van der Waals surface area contributed by atoms with E-state index in [1.54, 1.807) is 12.4 Å². The molecule has 0 N–H and O–H groups in total. The van der Waals surface area contributed by atoms with Crippen LogP contribution < -0.4 is 0 Å². The molecule has 0 radical (unpaired) electrons. The van der Waals surface area contributed by atoms with E-state index in [4.69, 9.17) is 0 Å². The molecule has 1 aliphatic carbocycles. The van der Waals surface area contributed by atoms with E-state index in [1.807, 2.05) is 29.1 Å². The van der Waals surface area contributed by atoms with E-state index in [-0.39, 0.29) is 5.78 Å². The van der Waals surface area contributed by atoms with Gasteiger partial charge in [-0.1, -0.05) is 6.08 Å². The van der Waals surface area contributed by atoms with E-state index >= 15 is 0 Å². The quantitative estimate of drug-likeness (QED) is 0.607. The fourth-order valence-electron chi connectivity index (χ4n) is 1.86. The third kappa shape index (κ3) is 0.865.